The van der Waals surface area contributed by atoms with Crippen molar-refractivity contribution in [2.24, 2.45) is 16.2 Å². The van der Waals surface area contributed by atoms with E-state index >= 15 is 0 Å². The Balaban J connectivity index is 2.65. The highest BCUT2D eigenvalue weighted by atomic mass is 16.5. The summed E-state index contributed by atoms with van der Waals surface area (Å²) < 4.78 is 5.39. The van der Waals surface area contributed by atoms with Gasteiger partial charge in [-0.1, -0.05) is 34.6 Å². The van der Waals surface area contributed by atoms with Crippen LogP contribution in [0.25, 0.3) is 0 Å². The second kappa shape index (κ2) is 4.60. The Morgan fingerprint density at radius 2 is 1.88 bits per heavy atom. The number of likely N-dealkylation sites (N-methyl/N-ethyl adjacent to an activating group) is 1. The first-order chi connectivity index (χ1) is 7.65. The van der Waals surface area contributed by atoms with Crippen molar-refractivity contribution in [2.75, 3.05) is 20.2 Å². The van der Waals surface area contributed by atoms with Gasteiger partial charge in [-0.05, 0) is 30.7 Å². The lowest BCUT2D eigenvalue weighted by Gasteiger charge is -2.27. The minimum Gasteiger partial charge on any atom is -0.464 e. The molecule has 0 radical (unpaired) electrons. The highest BCUT2D eigenvalue weighted by Gasteiger charge is 2.67. The summed E-state index contributed by atoms with van der Waals surface area (Å²) in [5.74, 6) is -0.00678. The molecule has 0 aromatic carbocycles. The largest absolute Gasteiger partial charge is 0.464 e. The van der Waals surface area contributed by atoms with Crippen molar-refractivity contribution >= 4 is 5.97 Å². The third-order valence-corrected chi connectivity index (χ3v) is 3.72. The molecule has 0 bridgehead atoms. The minimum atomic E-state index is -0.251. The summed E-state index contributed by atoms with van der Waals surface area (Å²) in [5, 5.41) is 2.99. The van der Waals surface area contributed by atoms with Crippen molar-refractivity contribution in [1.29, 1.82) is 0 Å². The molecule has 1 rings (SSSR count). The van der Waals surface area contributed by atoms with Crippen LogP contribution in [0.2, 0.25) is 0 Å². The molecule has 0 aromatic heterocycles. The van der Waals surface area contributed by atoms with Crippen LogP contribution >= 0.6 is 0 Å². The van der Waals surface area contributed by atoms with Crippen LogP contribution in [0.5, 0.6) is 0 Å². The monoisotopic (exact) mass is 241 g/mol. The van der Waals surface area contributed by atoms with E-state index in [1.54, 1.807) is 0 Å². The van der Waals surface area contributed by atoms with Gasteiger partial charge in [0, 0.05) is 6.54 Å². The fraction of sp³-hybridized carbons (Fsp3) is 0.929. The fourth-order valence-electron chi connectivity index (χ4n) is 2.72. The highest BCUT2D eigenvalue weighted by Crippen LogP contribution is 2.68. The highest BCUT2D eigenvalue weighted by molar-refractivity contribution is 5.81. The zero-order chi connectivity index (χ0) is 13.3. The molecule has 0 spiro atoms. The lowest BCUT2D eigenvalue weighted by molar-refractivity contribution is -0.153. The van der Waals surface area contributed by atoms with Gasteiger partial charge in [0.1, 0.15) is 6.61 Å². The van der Waals surface area contributed by atoms with Crippen molar-refractivity contribution in [2.45, 2.75) is 47.5 Å². The van der Waals surface area contributed by atoms with Crippen LogP contribution in [0, 0.1) is 16.2 Å². The van der Waals surface area contributed by atoms with E-state index < -0.39 is 0 Å². The number of rotatable bonds is 5. The molecule has 1 aliphatic carbocycles. The van der Waals surface area contributed by atoms with Gasteiger partial charge in [-0.3, -0.25) is 4.79 Å². The van der Waals surface area contributed by atoms with Crippen molar-refractivity contribution in [3.05, 3.63) is 0 Å². The third kappa shape index (κ3) is 3.21. The van der Waals surface area contributed by atoms with Gasteiger partial charge in [0.2, 0.25) is 0 Å². The molecule has 1 saturated carbocycles. The van der Waals surface area contributed by atoms with Crippen LogP contribution in [0.15, 0.2) is 0 Å². The molecule has 0 amide bonds. The molecule has 0 heterocycles. The van der Waals surface area contributed by atoms with E-state index in [0.29, 0.717) is 6.61 Å². The zero-order valence-corrected chi connectivity index (χ0v) is 12.1. The summed E-state index contributed by atoms with van der Waals surface area (Å²) in [7, 11) is 1.86. The maximum atomic E-state index is 12.2. The average Bonchev–Trinajstić information content (AvgIpc) is 2.66. The molecule has 17 heavy (non-hydrogen) atoms. The Morgan fingerprint density at radius 3 is 2.24 bits per heavy atom. The van der Waals surface area contributed by atoms with E-state index in [4.69, 9.17) is 4.74 Å². The van der Waals surface area contributed by atoms with Crippen molar-refractivity contribution in [1.82, 2.24) is 5.32 Å². The van der Waals surface area contributed by atoms with Crippen molar-refractivity contribution in [3.63, 3.8) is 0 Å². The van der Waals surface area contributed by atoms with Crippen LogP contribution < -0.4 is 5.32 Å². The standard InChI is InChI=1S/C14H27NO2/c1-12(2,3)9-14(10-13(14,4)5)11(16)17-8-7-15-6/h15H,7-10H2,1-6H3. The van der Waals surface area contributed by atoms with E-state index in [2.05, 4.69) is 39.9 Å². The second-order valence-electron chi connectivity index (χ2n) is 7.12. The molecule has 0 saturated heterocycles. The van der Waals surface area contributed by atoms with E-state index in [9.17, 15) is 4.79 Å². The molecule has 1 fully saturated rings. The Morgan fingerprint density at radius 1 is 1.35 bits per heavy atom. The first-order valence-corrected chi connectivity index (χ1v) is 6.46. The van der Waals surface area contributed by atoms with Crippen LogP contribution in [0.1, 0.15) is 47.5 Å². The predicted molar refractivity (Wildman–Crippen MR) is 69.8 cm³/mol. The first kappa shape index (κ1) is 14.5. The number of hydrogen-bond acceptors (Lipinski definition) is 3. The Kier molecular flexibility index (Phi) is 3.92. The first-order valence-electron chi connectivity index (χ1n) is 6.46. The molecular formula is C14H27NO2. The van der Waals surface area contributed by atoms with Crippen LogP contribution in [-0.4, -0.2) is 26.2 Å². The molecular weight excluding hydrogens is 214 g/mol. The van der Waals surface area contributed by atoms with Gasteiger partial charge in [-0.25, -0.2) is 0 Å². The van der Waals surface area contributed by atoms with E-state index in [0.717, 1.165) is 19.4 Å². The second-order valence-corrected chi connectivity index (χ2v) is 7.12. The van der Waals surface area contributed by atoms with Gasteiger partial charge >= 0.3 is 5.97 Å². The fourth-order valence-corrected chi connectivity index (χ4v) is 2.72. The van der Waals surface area contributed by atoms with E-state index in [-0.39, 0.29) is 22.2 Å². The van der Waals surface area contributed by atoms with E-state index in [1.807, 2.05) is 7.05 Å². The molecule has 1 N–H and O–H groups in total. The number of nitrogens with one attached hydrogen (secondary N) is 1. The number of ether oxygens (including phenoxy) is 1. The predicted octanol–water partition coefficient (Wildman–Crippen LogP) is 2.60. The molecule has 3 nitrogen and oxygen atoms in total. The summed E-state index contributed by atoms with van der Waals surface area (Å²) in [4.78, 5) is 12.2. The number of carbonyl (C=O) groups excluding carboxylic acids is 1. The molecule has 100 valence electrons. The van der Waals surface area contributed by atoms with Gasteiger partial charge in [0.05, 0.1) is 5.41 Å². The van der Waals surface area contributed by atoms with Crippen LogP contribution in [-0.2, 0) is 9.53 Å². The van der Waals surface area contributed by atoms with Crippen molar-refractivity contribution in [3.8, 4) is 0 Å². The number of hydrogen-bond donors (Lipinski definition) is 1. The minimum absolute atomic E-state index is 0.00678. The normalized spacial score (nSPS) is 26.7. The molecule has 3 heteroatoms. The van der Waals surface area contributed by atoms with E-state index in [1.165, 1.54) is 0 Å². The number of esters is 1. The quantitative estimate of drug-likeness (QED) is 0.594. The smallest absolute Gasteiger partial charge is 0.312 e. The SMILES string of the molecule is CNCCOC(=O)C1(CC(C)(C)C)CC1(C)C. The third-order valence-electron chi connectivity index (χ3n) is 3.72. The lowest BCUT2D eigenvalue weighted by Crippen LogP contribution is -2.30. The van der Waals surface area contributed by atoms with Crippen LogP contribution in [0.4, 0.5) is 0 Å². The van der Waals surface area contributed by atoms with Gasteiger partial charge in [0.15, 0.2) is 0 Å². The molecule has 1 atom stereocenters. The summed E-state index contributed by atoms with van der Waals surface area (Å²) >= 11 is 0. The topological polar surface area (TPSA) is 38.3 Å². The summed E-state index contributed by atoms with van der Waals surface area (Å²) in [6.45, 7) is 12.1. The molecule has 1 unspecified atom stereocenters. The zero-order valence-electron chi connectivity index (χ0n) is 12.1. The Bertz CT molecular complexity index is 291. The molecule has 0 aromatic rings. The molecule has 1 aliphatic rings. The van der Waals surface area contributed by atoms with Crippen LogP contribution in [0.3, 0.4) is 0 Å². The van der Waals surface area contributed by atoms with Gasteiger partial charge in [0.25, 0.3) is 0 Å². The van der Waals surface area contributed by atoms with Gasteiger partial charge in [-0.15, -0.1) is 0 Å². The lowest BCUT2D eigenvalue weighted by atomic mass is 9.79. The van der Waals surface area contributed by atoms with Gasteiger partial charge < -0.3 is 10.1 Å². The summed E-state index contributed by atoms with van der Waals surface area (Å²) in [5.41, 5.74) is 0.00575. The summed E-state index contributed by atoms with van der Waals surface area (Å²) in [6.07, 6.45) is 1.86. The number of carbonyl (C=O) groups is 1. The Labute approximate surface area is 105 Å². The Hall–Kier alpha value is -0.570. The van der Waals surface area contributed by atoms with Gasteiger partial charge in [-0.2, -0.15) is 0 Å². The summed E-state index contributed by atoms with van der Waals surface area (Å²) in [6, 6.07) is 0. The van der Waals surface area contributed by atoms with Crippen molar-refractivity contribution < 1.29 is 9.53 Å². The maximum absolute atomic E-state index is 12.2. The average molecular weight is 241 g/mol. The molecule has 0 aliphatic heterocycles. The maximum Gasteiger partial charge on any atom is 0.312 e.